The van der Waals surface area contributed by atoms with E-state index >= 15 is 0 Å². The minimum atomic E-state index is -0.324. The molecule has 2 aromatic heterocycles. The van der Waals surface area contributed by atoms with E-state index in [4.69, 9.17) is 0 Å². The van der Waals surface area contributed by atoms with Gasteiger partial charge in [-0.2, -0.15) is 10.2 Å². The smallest absolute Gasteiger partial charge is 0.265 e. The van der Waals surface area contributed by atoms with Crippen LogP contribution in [0.5, 0.6) is 0 Å². The van der Waals surface area contributed by atoms with Gasteiger partial charge >= 0.3 is 0 Å². The summed E-state index contributed by atoms with van der Waals surface area (Å²) < 4.78 is 16.1. The van der Waals surface area contributed by atoms with Gasteiger partial charge in [0.2, 0.25) is 0 Å². The van der Waals surface area contributed by atoms with Crippen molar-refractivity contribution in [2.45, 2.75) is 33.2 Å². The van der Waals surface area contributed by atoms with Crippen LogP contribution in [0.15, 0.2) is 35.3 Å². The van der Waals surface area contributed by atoms with E-state index in [1.165, 1.54) is 16.8 Å². The minimum absolute atomic E-state index is 0.00664. The van der Waals surface area contributed by atoms with Gasteiger partial charge in [0.05, 0.1) is 23.6 Å². The number of fused-ring (bicyclic) bond motifs is 1. The van der Waals surface area contributed by atoms with E-state index in [2.05, 4.69) is 10.2 Å². The fourth-order valence-corrected chi connectivity index (χ4v) is 2.44. The zero-order valence-corrected chi connectivity index (χ0v) is 12.7. The van der Waals surface area contributed by atoms with E-state index in [1.54, 1.807) is 23.0 Å². The van der Waals surface area contributed by atoms with Crippen LogP contribution in [-0.4, -0.2) is 19.6 Å². The molecule has 1 aromatic carbocycles. The predicted octanol–water partition coefficient (Wildman–Crippen LogP) is 3.00. The van der Waals surface area contributed by atoms with E-state index in [1.807, 2.05) is 20.8 Å². The largest absolute Gasteiger partial charge is 0.293 e. The lowest BCUT2D eigenvalue weighted by molar-refractivity contribution is 0.453. The lowest BCUT2D eigenvalue weighted by Crippen LogP contribution is -2.28. The second-order valence-corrected chi connectivity index (χ2v) is 5.39. The number of rotatable bonds is 3. The van der Waals surface area contributed by atoms with Crippen LogP contribution in [0.4, 0.5) is 4.39 Å². The summed E-state index contributed by atoms with van der Waals surface area (Å²) in [5.41, 5.74) is 1.69. The Morgan fingerprint density at radius 1 is 1.27 bits per heavy atom. The maximum absolute atomic E-state index is 13.1. The summed E-state index contributed by atoms with van der Waals surface area (Å²) in [6, 6.07) is 5.91. The molecule has 6 heteroatoms. The van der Waals surface area contributed by atoms with Crippen LogP contribution in [0.2, 0.25) is 0 Å². The van der Waals surface area contributed by atoms with E-state index in [9.17, 15) is 9.18 Å². The van der Waals surface area contributed by atoms with Crippen molar-refractivity contribution < 1.29 is 4.39 Å². The molecule has 0 aliphatic carbocycles. The van der Waals surface area contributed by atoms with Gasteiger partial charge in [-0.15, -0.1) is 0 Å². The topological polar surface area (TPSA) is 52.7 Å². The molecule has 0 radical (unpaired) electrons. The van der Waals surface area contributed by atoms with E-state index in [0.717, 1.165) is 12.1 Å². The molecule has 0 spiro atoms. The zero-order chi connectivity index (χ0) is 15.9. The fraction of sp³-hybridized carbons (Fsp3) is 0.312. The van der Waals surface area contributed by atoms with Crippen molar-refractivity contribution in [3.63, 3.8) is 0 Å². The van der Waals surface area contributed by atoms with Crippen LogP contribution in [0.3, 0.4) is 0 Å². The van der Waals surface area contributed by atoms with Gasteiger partial charge in [0.25, 0.3) is 5.56 Å². The first-order valence-corrected chi connectivity index (χ1v) is 7.26. The number of hydrogen-bond donors (Lipinski definition) is 0. The summed E-state index contributed by atoms with van der Waals surface area (Å²) in [6.07, 6.45) is 2.44. The zero-order valence-electron chi connectivity index (χ0n) is 12.7. The van der Waals surface area contributed by atoms with Crippen molar-refractivity contribution in [1.29, 1.82) is 0 Å². The number of hydrogen-bond acceptors (Lipinski definition) is 3. The highest BCUT2D eigenvalue weighted by Crippen LogP contribution is 2.18. The Bertz CT molecular complexity index is 880. The van der Waals surface area contributed by atoms with Gasteiger partial charge in [-0.3, -0.25) is 4.79 Å². The number of aromatic nitrogens is 4. The monoisotopic (exact) mass is 300 g/mol. The first-order chi connectivity index (χ1) is 10.5. The molecule has 5 nitrogen and oxygen atoms in total. The second kappa shape index (κ2) is 5.36. The molecule has 0 saturated heterocycles. The molecule has 1 unspecified atom stereocenters. The van der Waals surface area contributed by atoms with Crippen molar-refractivity contribution in [1.82, 2.24) is 19.6 Å². The molecule has 0 fully saturated rings. The second-order valence-electron chi connectivity index (χ2n) is 5.39. The highest BCUT2D eigenvalue weighted by molar-refractivity contribution is 5.81. The number of benzene rings is 1. The van der Waals surface area contributed by atoms with E-state index in [0.29, 0.717) is 16.6 Å². The van der Waals surface area contributed by atoms with Crippen LogP contribution in [-0.2, 0) is 0 Å². The predicted molar refractivity (Wildman–Crippen MR) is 82.8 cm³/mol. The van der Waals surface area contributed by atoms with Crippen LogP contribution in [0, 0.1) is 12.7 Å². The van der Waals surface area contributed by atoms with Crippen LogP contribution in [0.1, 0.15) is 32.0 Å². The molecule has 0 N–H and O–H groups in total. The molecule has 0 amide bonds. The molecule has 1 atom stereocenters. The number of aryl methyl sites for hydroxylation is 1. The molecule has 0 saturated carbocycles. The Balaban J connectivity index is 2.31. The molecule has 0 aliphatic rings. The van der Waals surface area contributed by atoms with Crippen molar-refractivity contribution in [2.75, 3.05) is 0 Å². The maximum atomic E-state index is 13.1. The van der Waals surface area contributed by atoms with Crippen LogP contribution >= 0.6 is 0 Å². The molecule has 3 aromatic rings. The normalized spacial score (nSPS) is 12.7. The molecule has 114 valence electrons. The lowest BCUT2D eigenvalue weighted by Gasteiger charge is -2.13. The third kappa shape index (κ3) is 2.20. The summed E-state index contributed by atoms with van der Waals surface area (Å²) >= 11 is 0. The van der Waals surface area contributed by atoms with Crippen molar-refractivity contribution in [3.05, 3.63) is 52.3 Å². The average Bonchev–Trinajstić information content (AvgIpc) is 2.96. The molecule has 3 rings (SSSR count). The van der Waals surface area contributed by atoms with Crippen molar-refractivity contribution in [2.24, 2.45) is 0 Å². The number of halogens is 1. The SMILES string of the molecule is CCC(C)n1nc(C)c2cnn(-c3ccc(F)cc3)c2c1=O. The van der Waals surface area contributed by atoms with Gasteiger partial charge in [0, 0.05) is 5.39 Å². The summed E-state index contributed by atoms with van der Waals surface area (Å²) in [4.78, 5) is 12.8. The highest BCUT2D eigenvalue weighted by Gasteiger charge is 2.17. The van der Waals surface area contributed by atoms with Crippen molar-refractivity contribution in [3.8, 4) is 5.69 Å². The van der Waals surface area contributed by atoms with Gasteiger partial charge in [-0.25, -0.2) is 13.8 Å². The standard InChI is InChI=1S/C16H17FN4O/c1-4-10(2)20-16(22)15-14(11(3)19-20)9-18-21(15)13-7-5-12(17)6-8-13/h5-10H,4H2,1-3H3. The Hall–Kier alpha value is -2.50. The molecule has 0 bridgehead atoms. The van der Waals surface area contributed by atoms with E-state index in [-0.39, 0.29) is 17.4 Å². The van der Waals surface area contributed by atoms with Crippen LogP contribution < -0.4 is 5.56 Å². The Kier molecular flexibility index (Phi) is 3.52. The van der Waals surface area contributed by atoms with Gasteiger partial charge in [0.15, 0.2) is 0 Å². The van der Waals surface area contributed by atoms with E-state index < -0.39 is 0 Å². The Morgan fingerprint density at radius 2 is 1.95 bits per heavy atom. The van der Waals surface area contributed by atoms with Crippen molar-refractivity contribution >= 4 is 10.9 Å². The summed E-state index contributed by atoms with van der Waals surface area (Å²) in [7, 11) is 0. The molecule has 22 heavy (non-hydrogen) atoms. The summed E-state index contributed by atoms with van der Waals surface area (Å²) in [6.45, 7) is 5.82. The molecule has 2 heterocycles. The van der Waals surface area contributed by atoms with Gasteiger partial charge in [-0.05, 0) is 44.5 Å². The molecular weight excluding hydrogens is 283 g/mol. The quantitative estimate of drug-likeness (QED) is 0.747. The van der Waals surface area contributed by atoms with Crippen LogP contribution in [0.25, 0.3) is 16.6 Å². The van der Waals surface area contributed by atoms with Gasteiger partial charge < -0.3 is 0 Å². The molecular formula is C16H17FN4O. The highest BCUT2D eigenvalue weighted by atomic mass is 19.1. The maximum Gasteiger partial charge on any atom is 0.293 e. The third-order valence-electron chi connectivity index (χ3n) is 3.91. The Morgan fingerprint density at radius 3 is 2.59 bits per heavy atom. The van der Waals surface area contributed by atoms with Gasteiger partial charge in [0.1, 0.15) is 11.3 Å². The summed E-state index contributed by atoms with van der Waals surface area (Å²) in [5.74, 6) is -0.324. The average molecular weight is 300 g/mol. The first-order valence-electron chi connectivity index (χ1n) is 7.26. The molecule has 0 aliphatic heterocycles. The number of nitrogens with zero attached hydrogens (tertiary/aromatic N) is 4. The fourth-order valence-electron chi connectivity index (χ4n) is 2.44. The Labute approximate surface area is 127 Å². The lowest BCUT2D eigenvalue weighted by atomic mass is 10.2. The third-order valence-corrected chi connectivity index (χ3v) is 3.91. The summed E-state index contributed by atoms with van der Waals surface area (Å²) in [5, 5.41) is 9.38. The minimum Gasteiger partial charge on any atom is -0.265 e. The van der Waals surface area contributed by atoms with Gasteiger partial charge in [-0.1, -0.05) is 6.92 Å². The first kappa shape index (κ1) is 14.4.